The summed E-state index contributed by atoms with van der Waals surface area (Å²) in [4.78, 5) is 28.8. The second-order valence-electron chi connectivity index (χ2n) is 8.00. The average molecular weight is 372 g/mol. The number of anilines is 1. The summed E-state index contributed by atoms with van der Waals surface area (Å²) in [6.07, 6.45) is 6.16. The molecule has 0 bridgehead atoms. The number of amides is 2. The largest absolute Gasteiger partial charge is 0.352 e. The number of fused-ring (bicyclic) bond motifs is 1. The van der Waals surface area contributed by atoms with Crippen LogP contribution in [-0.2, 0) is 11.2 Å². The highest BCUT2D eigenvalue weighted by Crippen LogP contribution is 2.29. The molecule has 0 aromatic heterocycles. The van der Waals surface area contributed by atoms with Crippen molar-refractivity contribution in [3.8, 4) is 0 Å². The van der Waals surface area contributed by atoms with E-state index in [0.29, 0.717) is 12.0 Å². The number of hydrogen-bond donors (Lipinski definition) is 1. The van der Waals surface area contributed by atoms with Crippen LogP contribution in [0.1, 0.15) is 61.9 Å². The topological polar surface area (TPSA) is 52.7 Å². The third kappa shape index (κ3) is 5.10. The zero-order valence-corrected chi connectivity index (χ0v) is 16.8. The number of likely N-dealkylation sites (tertiary alicyclic amines) is 1. The standard InChI is InChI=1S/C22H33N3O2/c1-3-21(26)25-14-10-18-15-19(8-9-20(18)25)22(27)23-11-4-5-12-24-13-6-7-17(2)16-24/h8-9,15,17H,3-7,10-14,16H2,1-2H3,(H,23,27). The van der Waals surface area contributed by atoms with Gasteiger partial charge in [0.1, 0.15) is 0 Å². The maximum absolute atomic E-state index is 12.4. The number of nitrogens with one attached hydrogen (secondary N) is 1. The van der Waals surface area contributed by atoms with Gasteiger partial charge in [0.05, 0.1) is 0 Å². The van der Waals surface area contributed by atoms with Gasteiger partial charge >= 0.3 is 0 Å². The van der Waals surface area contributed by atoms with Gasteiger partial charge in [-0.05, 0) is 74.9 Å². The molecule has 1 N–H and O–H groups in total. The van der Waals surface area contributed by atoms with Crippen LogP contribution >= 0.6 is 0 Å². The fraction of sp³-hybridized carbons (Fsp3) is 0.636. The maximum Gasteiger partial charge on any atom is 0.251 e. The van der Waals surface area contributed by atoms with Crippen LogP contribution in [-0.4, -0.2) is 49.4 Å². The van der Waals surface area contributed by atoms with Crippen LogP contribution in [0.4, 0.5) is 5.69 Å². The number of carbonyl (C=O) groups is 2. The molecule has 1 saturated heterocycles. The number of piperidine rings is 1. The molecular formula is C22H33N3O2. The first-order valence-electron chi connectivity index (χ1n) is 10.5. The van der Waals surface area contributed by atoms with Crippen molar-refractivity contribution in [2.24, 2.45) is 5.92 Å². The molecule has 5 heteroatoms. The van der Waals surface area contributed by atoms with E-state index < -0.39 is 0 Å². The van der Waals surface area contributed by atoms with E-state index in [1.165, 1.54) is 25.9 Å². The Hall–Kier alpha value is -1.88. The van der Waals surface area contributed by atoms with Gasteiger partial charge in [0.2, 0.25) is 5.91 Å². The van der Waals surface area contributed by atoms with E-state index in [9.17, 15) is 9.59 Å². The van der Waals surface area contributed by atoms with Crippen LogP contribution in [0.5, 0.6) is 0 Å². The Bertz CT molecular complexity index is 674. The van der Waals surface area contributed by atoms with Gasteiger partial charge in [-0.3, -0.25) is 9.59 Å². The van der Waals surface area contributed by atoms with E-state index in [2.05, 4.69) is 17.1 Å². The summed E-state index contributed by atoms with van der Waals surface area (Å²) >= 11 is 0. The van der Waals surface area contributed by atoms with Crippen molar-refractivity contribution in [2.45, 2.75) is 52.4 Å². The summed E-state index contributed by atoms with van der Waals surface area (Å²) in [5.74, 6) is 0.959. The highest BCUT2D eigenvalue weighted by molar-refractivity contribution is 5.98. The molecule has 1 aromatic rings. The number of hydrogen-bond acceptors (Lipinski definition) is 3. The molecule has 3 rings (SSSR count). The van der Waals surface area contributed by atoms with Gasteiger partial charge in [-0.15, -0.1) is 0 Å². The smallest absolute Gasteiger partial charge is 0.251 e. The van der Waals surface area contributed by atoms with Gasteiger partial charge in [-0.1, -0.05) is 13.8 Å². The minimum atomic E-state index is -0.00957. The molecule has 27 heavy (non-hydrogen) atoms. The normalized spacial score (nSPS) is 19.8. The Labute approximate surface area is 163 Å². The van der Waals surface area contributed by atoms with Crippen LogP contribution in [0.2, 0.25) is 0 Å². The molecule has 0 radical (unpaired) electrons. The predicted molar refractivity (Wildman–Crippen MR) is 109 cm³/mol. The highest BCUT2D eigenvalue weighted by Gasteiger charge is 2.24. The minimum absolute atomic E-state index is 0.00957. The van der Waals surface area contributed by atoms with Gasteiger partial charge in [-0.25, -0.2) is 0 Å². The van der Waals surface area contributed by atoms with Crippen molar-refractivity contribution in [3.63, 3.8) is 0 Å². The Balaban J connectivity index is 1.42. The molecule has 2 amide bonds. The second-order valence-corrected chi connectivity index (χ2v) is 8.00. The number of benzene rings is 1. The van der Waals surface area contributed by atoms with Crippen LogP contribution in [0.15, 0.2) is 18.2 Å². The van der Waals surface area contributed by atoms with Gasteiger partial charge in [-0.2, -0.15) is 0 Å². The molecule has 5 nitrogen and oxygen atoms in total. The molecule has 1 fully saturated rings. The average Bonchev–Trinajstić information content (AvgIpc) is 3.10. The lowest BCUT2D eigenvalue weighted by Gasteiger charge is -2.30. The number of unbranched alkanes of at least 4 members (excludes halogenated alkanes) is 1. The van der Waals surface area contributed by atoms with Gasteiger partial charge in [0, 0.05) is 37.3 Å². The van der Waals surface area contributed by atoms with Gasteiger partial charge in [0.15, 0.2) is 0 Å². The molecule has 2 aliphatic rings. The first kappa shape index (κ1) is 19.9. The van der Waals surface area contributed by atoms with Crippen molar-refractivity contribution >= 4 is 17.5 Å². The Morgan fingerprint density at radius 1 is 1.22 bits per heavy atom. The molecule has 1 atom stereocenters. The lowest BCUT2D eigenvalue weighted by Crippen LogP contribution is -2.35. The summed E-state index contributed by atoms with van der Waals surface area (Å²) in [5.41, 5.74) is 2.77. The van der Waals surface area contributed by atoms with E-state index in [1.807, 2.05) is 30.0 Å². The molecule has 1 aromatic carbocycles. The third-order valence-corrected chi connectivity index (χ3v) is 5.77. The predicted octanol–water partition coefficient (Wildman–Crippen LogP) is 3.23. The Morgan fingerprint density at radius 2 is 2.07 bits per heavy atom. The van der Waals surface area contributed by atoms with E-state index in [4.69, 9.17) is 0 Å². The molecule has 2 aliphatic heterocycles. The van der Waals surface area contributed by atoms with Crippen molar-refractivity contribution in [3.05, 3.63) is 29.3 Å². The summed E-state index contributed by atoms with van der Waals surface area (Å²) in [5, 5.41) is 3.04. The first-order valence-corrected chi connectivity index (χ1v) is 10.5. The summed E-state index contributed by atoms with van der Waals surface area (Å²) in [6, 6.07) is 5.70. The van der Waals surface area contributed by atoms with Crippen LogP contribution in [0.25, 0.3) is 0 Å². The molecule has 0 spiro atoms. The summed E-state index contributed by atoms with van der Waals surface area (Å²) in [6.45, 7) is 9.25. The quantitative estimate of drug-likeness (QED) is 0.749. The molecule has 2 heterocycles. The number of carbonyl (C=O) groups excluding carboxylic acids is 2. The van der Waals surface area contributed by atoms with E-state index in [0.717, 1.165) is 56.1 Å². The molecule has 0 aliphatic carbocycles. The van der Waals surface area contributed by atoms with Crippen LogP contribution in [0, 0.1) is 5.92 Å². The fourth-order valence-corrected chi connectivity index (χ4v) is 4.25. The number of nitrogens with zero attached hydrogens (tertiary/aromatic N) is 2. The first-order chi connectivity index (χ1) is 13.1. The molecular weight excluding hydrogens is 338 g/mol. The molecule has 1 unspecified atom stereocenters. The van der Waals surface area contributed by atoms with Crippen LogP contribution < -0.4 is 10.2 Å². The molecule has 0 saturated carbocycles. The summed E-state index contributed by atoms with van der Waals surface area (Å²) < 4.78 is 0. The summed E-state index contributed by atoms with van der Waals surface area (Å²) in [7, 11) is 0. The zero-order valence-electron chi connectivity index (χ0n) is 16.8. The lowest BCUT2D eigenvalue weighted by molar-refractivity contribution is -0.118. The van der Waals surface area contributed by atoms with Crippen molar-refractivity contribution in [2.75, 3.05) is 37.6 Å². The van der Waals surface area contributed by atoms with E-state index >= 15 is 0 Å². The van der Waals surface area contributed by atoms with Gasteiger partial charge in [0.25, 0.3) is 5.91 Å². The maximum atomic E-state index is 12.4. The fourth-order valence-electron chi connectivity index (χ4n) is 4.25. The van der Waals surface area contributed by atoms with E-state index in [-0.39, 0.29) is 11.8 Å². The number of rotatable bonds is 7. The molecule has 148 valence electrons. The van der Waals surface area contributed by atoms with Gasteiger partial charge < -0.3 is 15.1 Å². The third-order valence-electron chi connectivity index (χ3n) is 5.77. The monoisotopic (exact) mass is 371 g/mol. The van der Waals surface area contributed by atoms with Crippen molar-refractivity contribution in [1.82, 2.24) is 10.2 Å². The van der Waals surface area contributed by atoms with E-state index in [1.54, 1.807) is 0 Å². The SMILES string of the molecule is CCC(=O)N1CCc2cc(C(=O)NCCCCN3CCCC(C)C3)ccc21. The zero-order chi connectivity index (χ0) is 19.2. The Kier molecular flexibility index (Phi) is 6.89. The second kappa shape index (κ2) is 9.36. The van der Waals surface area contributed by atoms with Crippen molar-refractivity contribution in [1.29, 1.82) is 0 Å². The Morgan fingerprint density at radius 3 is 2.85 bits per heavy atom. The van der Waals surface area contributed by atoms with Crippen molar-refractivity contribution < 1.29 is 9.59 Å². The lowest BCUT2D eigenvalue weighted by atomic mass is 10.0. The van der Waals surface area contributed by atoms with Crippen LogP contribution in [0.3, 0.4) is 0 Å². The highest BCUT2D eigenvalue weighted by atomic mass is 16.2. The minimum Gasteiger partial charge on any atom is -0.352 e.